The predicted molar refractivity (Wildman–Crippen MR) is 77.3 cm³/mol. The Balaban J connectivity index is 1.97. The Labute approximate surface area is 117 Å². The van der Waals surface area contributed by atoms with Crippen molar-refractivity contribution in [2.75, 3.05) is 6.61 Å². The highest BCUT2D eigenvalue weighted by atomic mass is 32.1. The molecule has 1 amide bonds. The van der Waals surface area contributed by atoms with Crippen LogP contribution < -0.4 is 5.32 Å². The van der Waals surface area contributed by atoms with Crippen LogP contribution in [0.2, 0.25) is 0 Å². The Bertz CT molecular complexity index is 523. The smallest absolute Gasteiger partial charge is 0.261 e. The van der Waals surface area contributed by atoms with Crippen LogP contribution in [0, 0.1) is 0 Å². The lowest BCUT2D eigenvalue weighted by molar-refractivity contribution is 0.0954. The lowest BCUT2D eigenvalue weighted by Gasteiger charge is -2.10. The second kappa shape index (κ2) is 7.07. The third kappa shape index (κ3) is 3.91. The average Bonchev–Trinajstić information content (AvgIpc) is 2.97. The molecule has 3 nitrogen and oxygen atoms in total. The number of carbonyl (C=O) groups excluding carboxylic acids is 1. The van der Waals surface area contributed by atoms with Crippen molar-refractivity contribution in [2.45, 2.75) is 20.1 Å². The third-order valence-electron chi connectivity index (χ3n) is 2.76. The van der Waals surface area contributed by atoms with Gasteiger partial charge < -0.3 is 10.1 Å². The van der Waals surface area contributed by atoms with E-state index in [0.717, 1.165) is 16.0 Å². The molecule has 100 valence electrons. The minimum Gasteiger partial charge on any atom is -0.377 e. The molecule has 2 rings (SSSR count). The van der Waals surface area contributed by atoms with Gasteiger partial charge in [0.05, 0.1) is 11.5 Å². The van der Waals surface area contributed by atoms with Gasteiger partial charge in [-0.15, -0.1) is 11.3 Å². The molecule has 0 atom stereocenters. The van der Waals surface area contributed by atoms with Crippen LogP contribution in [-0.4, -0.2) is 12.5 Å². The molecule has 0 unspecified atom stereocenters. The molecule has 0 radical (unpaired) electrons. The standard InChI is InChI=1S/C15H17NO2S/c1-2-18-11-13-7-4-3-6-12(13)10-16-15(17)14-8-5-9-19-14/h3-9H,2,10-11H2,1H3,(H,16,17). The summed E-state index contributed by atoms with van der Waals surface area (Å²) in [5.41, 5.74) is 2.22. The Hall–Kier alpha value is -1.65. The highest BCUT2D eigenvalue weighted by molar-refractivity contribution is 7.12. The van der Waals surface area contributed by atoms with Crippen molar-refractivity contribution in [3.8, 4) is 0 Å². The summed E-state index contributed by atoms with van der Waals surface area (Å²) < 4.78 is 5.43. The molecule has 19 heavy (non-hydrogen) atoms. The molecule has 0 saturated heterocycles. The maximum atomic E-state index is 11.9. The number of amides is 1. The Morgan fingerprint density at radius 3 is 2.68 bits per heavy atom. The fourth-order valence-electron chi connectivity index (χ4n) is 1.75. The number of thiophene rings is 1. The van der Waals surface area contributed by atoms with E-state index >= 15 is 0 Å². The molecule has 1 N–H and O–H groups in total. The lowest BCUT2D eigenvalue weighted by atomic mass is 10.1. The van der Waals surface area contributed by atoms with Gasteiger partial charge in [0.2, 0.25) is 0 Å². The molecule has 0 aliphatic rings. The number of hydrogen-bond donors (Lipinski definition) is 1. The van der Waals surface area contributed by atoms with Gasteiger partial charge in [-0.25, -0.2) is 0 Å². The molecule has 0 aliphatic heterocycles. The van der Waals surface area contributed by atoms with Gasteiger partial charge in [-0.3, -0.25) is 4.79 Å². The summed E-state index contributed by atoms with van der Waals surface area (Å²) in [6, 6.07) is 11.7. The molecule has 0 bridgehead atoms. The average molecular weight is 275 g/mol. The quantitative estimate of drug-likeness (QED) is 0.879. The molecular weight excluding hydrogens is 258 g/mol. The van der Waals surface area contributed by atoms with Gasteiger partial charge in [0.1, 0.15) is 0 Å². The van der Waals surface area contributed by atoms with Gasteiger partial charge in [0.25, 0.3) is 5.91 Å². The summed E-state index contributed by atoms with van der Waals surface area (Å²) in [5, 5.41) is 4.83. The molecule has 4 heteroatoms. The zero-order valence-corrected chi connectivity index (χ0v) is 11.7. The van der Waals surface area contributed by atoms with Crippen LogP contribution in [-0.2, 0) is 17.9 Å². The molecule has 1 heterocycles. The van der Waals surface area contributed by atoms with Crippen LogP contribution >= 0.6 is 11.3 Å². The van der Waals surface area contributed by atoms with Gasteiger partial charge in [0, 0.05) is 13.2 Å². The Morgan fingerprint density at radius 2 is 2.00 bits per heavy atom. The van der Waals surface area contributed by atoms with Gasteiger partial charge in [-0.05, 0) is 29.5 Å². The van der Waals surface area contributed by atoms with E-state index in [0.29, 0.717) is 19.8 Å². The topological polar surface area (TPSA) is 38.3 Å². The second-order valence-electron chi connectivity index (χ2n) is 4.07. The van der Waals surface area contributed by atoms with E-state index in [1.54, 1.807) is 0 Å². The van der Waals surface area contributed by atoms with E-state index in [2.05, 4.69) is 5.32 Å². The largest absolute Gasteiger partial charge is 0.377 e. The monoisotopic (exact) mass is 275 g/mol. The van der Waals surface area contributed by atoms with E-state index in [4.69, 9.17) is 4.74 Å². The first-order valence-corrected chi connectivity index (χ1v) is 7.15. The van der Waals surface area contributed by atoms with E-state index in [-0.39, 0.29) is 5.91 Å². The first-order valence-electron chi connectivity index (χ1n) is 6.27. The van der Waals surface area contributed by atoms with E-state index < -0.39 is 0 Å². The van der Waals surface area contributed by atoms with Gasteiger partial charge in [-0.1, -0.05) is 30.3 Å². The van der Waals surface area contributed by atoms with Gasteiger partial charge >= 0.3 is 0 Å². The molecule has 0 aliphatic carbocycles. The maximum absolute atomic E-state index is 11.9. The fourth-order valence-corrected chi connectivity index (χ4v) is 2.39. The van der Waals surface area contributed by atoms with Crippen LogP contribution in [0.5, 0.6) is 0 Å². The van der Waals surface area contributed by atoms with Crippen LogP contribution in [0.15, 0.2) is 41.8 Å². The Morgan fingerprint density at radius 1 is 1.21 bits per heavy atom. The maximum Gasteiger partial charge on any atom is 0.261 e. The molecule has 0 fully saturated rings. The lowest BCUT2D eigenvalue weighted by Crippen LogP contribution is -2.22. The SMILES string of the molecule is CCOCc1ccccc1CNC(=O)c1cccs1. The summed E-state index contributed by atoms with van der Waals surface area (Å²) in [6.45, 7) is 3.78. The second-order valence-corrected chi connectivity index (χ2v) is 5.01. The number of hydrogen-bond acceptors (Lipinski definition) is 3. The predicted octanol–water partition coefficient (Wildman–Crippen LogP) is 3.21. The van der Waals surface area contributed by atoms with Gasteiger partial charge in [-0.2, -0.15) is 0 Å². The number of rotatable bonds is 6. The minimum atomic E-state index is -0.0267. The summed E-state index contributed by atoms with van der Waals surface area (Å²) in [4.78, 5) is 12.6. The number of carbonyl (C=O) groups is 1. The number of ether oxygens (including phenoxy) is 1. The van der Waals surface area contributed by atoms with Crippen molar-refractivity contribution < 1.29 is 9.53 Å². The van der Waals surface area contributed by atoms with E-state index in [9.17, 15) is 4.79 Å². The van der Waals surface area contributed by atoms with Crippen molar-refractivity contribution in [1.29, 1.82) is 0 Å². The molecule has 0 saturated carbocycles. The number of benzene rings is 1. The molecule has 0 spiro atoms. The van der Waals surface area contributed by atoms with Crippen molar-refractivity contribution in [3.63, 3.8) is 0 Å². The van der Waals surface area contributed by atoms with Crippen LogP contribution in [0.25, 0.3) is 0 Å². The van der Waals surface area contributed by atoms with Crippen molar-refractivity contribution >= 4 is 17.2 Å². The summed E-state index contributed by atoms with van der Waals surface area (Å²) >= 11 is 1.45. The van der Waals surface area contributed by atoms with E-state index in [1.165, 1.54) is 11.3 Å². The molecule has 1 aromatic carbocycles. The van der Waals surface area contributed by atoms with Crippen molar-refractivity contribution in [1.82, 2.24) is 5.32 Å². The Kier molecular flexibility index (Phi) is 5.12. The highest BCUT2D eigenvalue weighted by Gasteiger charge is 2.07. The normalized spacial score (nSPS) is 10.4. The molecule has 1 aromatic heterocycles. The fraction of sp³-hybridized carbons (Fsp3) is 0.267. The van der Waals surface area contributed by atoms with E-state index in [1.807, 2.05) is 48.7 Å². The molecular formula is C15H17NO2S. The summed E-state index contributed by atoms with van der Waals surface area (Å²) in [7, 11) is 0. The highest BCUT2D eigenvalue weighted by Crippen LogP contribution is 2.12. The zero-order chi connectivity index (χ0) is 13.5. The van der Waals surface area contributed by atoms with Crippen molar-refractivity contribution in [2.24, 2.45) is 0 Å². The zero-order valence-electron chi connectivity index (χ0n) is 10.9. The number of nitrogens with one attached hydrogen (secondary N) is 1. The first kappa shape index (κ1) is 13.8. The third-order valence-corrected chi connectivity index (χ3v) is 3.63. The molecule has 2 aromatic rings. The summed E-state index contributed by atoms with van der Waals surface area (Å²) in [6.07, 6.45) is 0. The summed E-state index contributed by atoms with van der Waals surface area (Å²) in [5.74, 6) is -0.0267. The van der Waals surface area contributed by atoms with Crippen molar-refractivity contribution in [3.05, 3.63) is 57.8 Å². The first-order chi connectivity index (χ1) is 9.31. The minimum absolute atomic E-state index is 0.0267. The van der Waals surface area contributed by atoms with Crippen LogP contribution in [0.4, 0.5) is 0 Å². The van der Waals surface area contributed by atoms with Gasteiger partial charge in [0.15, 0.2) is 0 Å². The van der Waals surface area contributed by atoms with Crippen LogP contribution in [0.3, 0.4) is 0 Å². The van der Waals surface area contributed by atoms with Crippen LogP contribution in [0.1, 0.15) is 27.7 Å².